The number of carbonyl (C=O) groups excluding carboxylic acids is 1. The fourth-order valence-electron chi connectivity index (χ4n) is 1.22. The van der Waals surface area contributed by atoms with Gasteiger partial charge in [0.25, 0.3) is 0 Å². The standard InChI is InChI=1S/C11H12ClFO2/c1-2-15-11-4-3-8(13)7-9(11)10(14)5-6-12/h3-4,7H,2,5-6H2,1H3. The average molecular weight is 231 g/mol. The van der Waals surface area contributed by atoms with E-state index in [4.69, 9.17) is 16.3 Å². The van der Waals surface area contributed by atoms with Crippen molar-refractivity contribution in [1.82, 2.24) is 0 Å². The molecule has 0 radical (unpaired) electrons. The van der Waals surface area contributed by atoms with Crippen molar-refractivity contribution in [2.45, 2.75) is 13.3 Å². The third-order valence-electron chi connectivity index (χ3n) is 1.86. The van der Waals surface area contributed by atoms with Crippen molar-refractivity contribution >= 4 is 17.4 Å². The van der Waals surface area contributed by atoms with Crippen LogP contribution in [0.2, 0.25) is 0 Å². The van der Waals surface area contributed by atoms with Crippen LogP contribution in [-0.4, -0.2) is 18.3 Å². The molecule has 15 heavy (non-hydrogen) atoms. The molecule has 0 aliphatic carbocycles. The monoisotopic (exact) mass is 230 g/mol. The molecule has 82 valence electrons. The highest BCUT2D eigenvalue weighted by molar-refractivity contribution is 6.19. The third kappa shape index (κ3) is 3.20. The Labute approximate surface area is 93.0 Å². The molecule has 1 rings (SSSR count). The van der Waals surface area contributed by atoms with Gasteiger partial charge in [-0.2, -0.15) is 0 Å². The lowest BCUT2D eigenvalue weighted by Crippen LogP contribution is -2.05. The molecule has 1 aromatic carbocycles. The van der Waals surface area contributed by atoms with E-state index in [1.165, 1.54) is 18.2 Å². The molecular formula is C11H12ClFO2. The minimum atomic E-state index is -0.448. The molecule has 0 atom stereocenters. The van der Waals surface area contributed by atoms with Gasteiger partial charge in [0.2, 0.25) is 0 Å². The van der Waals surface area contributed by atoms with Crippen LogP contribution < -0.4 is 4.74 Å². The highest BCUT2D eigenvalue weighted by Gasteiger charge is 2.12. The first-order chi connectivity index (χ1) is 7.19. The molecule has 2 nitrogen and oxygen atoms in total. The lowest BCUT2D eigenvalue weighted by atomic mass is 10.1. The highest BCUT2D eigenvalue weighted by Crippen LogP contribution is 2.21. The first kappa shape index (κ1) is 12.0. The van der Waals surface area contributed by atoms with E-state index in [0.717, 1.165) is 0 Å². The van der Waals surface area contributed by atoms with Gasteiger partial charge in [0.05, 0.1) is 12.2 Å². The number of rotatable bonds is 5. The lowest BCUT2D eigenvalue weighted by molar-refractivity contribution is 0.0985. The van der Waals surface area contributed by atoms with Crippen LogP contribution in [-0.2, 0) is 0 Å². The van der Waals surface area contributed by atoms with Gasteiger partial charge in [-0.3, -0.25) is 4.79 Å². The molecule has 0 N–H and O–H groups in total. The van der Waals surface area contributed by atoms with Crippen LogP contribution in [0, 0.1) is 5.82 Å². The predicted molar refractivity (Wildman–Crippen MR) is 57.2 cm³/mol. The summed E-state index contributed by atoms with van der Waals surface area (Å²) in [5.41, 5.74) is 0.262. The third-order valence-corrected chi connectivity index (χ3v) is 2.05. The molecular weight excluding hydrogens is 219 g/mol. The van der Waals surface area contributed by atoms with Crippen molar-refractivity contribution in [2.75, 3.05) is 12.5 Å². The van der Waals surface area contributed by atoms with E-state index in [0.29, 0.717) is 12.4 Å². The van der Waals surface area contributed by atoms with Gasteiger partial charge in [0.15, 0.2) is 5.78 Å². The second-order valence-electron chi connectivity index (χ2n) is 2.94. The van der Waals surface area contributed by atoms with Gasteiger partial charge >= 0.3 is 0 Å². The fraction of sp³-hybridized carbons (Fsp3) is 0.364. The zero-order valence-electron chi connectivity index (χ0n) is 8.43. The average Bonchev–Trinajstić information content (AvgIpc) is 2.21. The molecule has 0 aromatic heterocycles. The molecule has 0 heterocycles. The Bertz CT molecular complexity index is 352. The van der Waals surface area contributed by atoms with E-state index >= 15 is 0 Å². The zero-order chi connectivity index (χ0) is 11.3. The van der Waals surface area contributed by atoms with Crippen LogP contribution in [0.25, 0.3) is 0 Å². The Morgan fingerprint density at radius 3 is 2.87 bits per heavy atom. The summed E-state index contributed by atoms with van der Waals surface area (Å²) in [5, 5.41) is 0. The summed E-state index contributed by atoms with van der Waals surface area (Å²) in [6.07, 6.45) is 0.186. The summed E-state index contributed by atoms with van der Waals surface area (Å²) in [7, 11) is 0. The van der Waals surface area contributed by atoms with Gasteiger partial charge < -0.3 is 4.74 Å². The van der Waals surface area contributed by atoms with E-state index < -0.39 is 5.82 Å². The number of alkyl halides is 1. The van der Waals surface area contributed by atoms with Crippen LogP contribution >= 0.6 is 11.6 Å². The van der Waals surface area contributed by atoms with Crippen molar-refractivity contribution in [3.8, 4) is 5.75 Å². The van der Waals surface area contributed by atoms with E-state index in [2.05, 4.69) is 0 Å². The van der Waals surface area contributed by atoms with Gasteiger partial charge in [-0.05, 0) is 25.1 Å². The van der Waals surface area contributed by atoms with Gasteiger partial charge in [0.1, 0.15) is 11.6 Å². The molecule has 0 bridgehead atoms. The van der Waals surface area contributed by atoms with Crippen molar-refractivity contribution < 1.29 is 13.9 Å². The topological polar surface area (TPSA) is 26.3 Å². The van der Waals surface area contributed by atoms with Crippen LogP contribution in [0.15, 0.2) is 18.2 Å². The van der Waals surface area contributed by atoms with Crippen LogP contribution in [0.3, 0.4) is 0 Å². The number of carbonyl (C=O) groups is 1. The summed E-state index contributed by atoms with van der Waals surface area (Å²) in [4.78, 5) is 11.6. The predicted octanol–water partition coefficient (Wildman–Crippen LogP) is 3.04. The van der Waals surface area contributed by atoms with E-state index in [1.54, 1.807) is 6.92 Å². The number of Topliss-reactive ketones (excluding diaryl/α,β-unsaturated/α-hetero) is 1. The molecule has 0 aliphatic heterocycles. The zero-order valence-corrected chi connectivity index (χ0v) is 9.18. The molecule has 4 heteroatoms. The molecule has 1 aromatic rings. The minimum Gasteiger partial charge on any atom is -0.493 e. The van der Waals surface area contributed by atoms with Crippen LogP contribution in [0.4, 0.5) is 4.39 Å². The summed E-state index contributed by atoms with van der Waals surface area (Å²) < 4.78 is 18.2. The maximum atomic E-state index is 12.9. The second kappa shape index (κ2) is 5.71. The minimum absolute atomic E-state index is 0.186. The SMILES string of the molecule is CCOc1ccc(F)cc1C(=O)CCCl. The van der Waals surface area contributed by atoms with E-state index in [1.807, 2.05) is 0 Å². The first-order valence-electron chi connectivity index (χ1n) is 4.70. The molecule has 0 fully saturated rings. The van der Waals surface area contributed by atoms with E-state index in [9.17, 15) is 9.18 Å². The maximum Gasteiger partial charge on any atom is 0.167 e. The molecule has 0 saturated heterocycles. The number of ether oxygens (including phenoxy) is 1. The molecule has 0 aliphatic rings. The Morgan fingerprint density at radius 2 is 2.27 bits per heavy atom. The number of hydrogen-bond donors (Lipinski definition) is 0. The highest BCUT2D eigenvalue weighted by atomic mass is 35.5. The summed E-state index contributed by atoms with van der Waals surface area (Å²) in [6.45, 7) is 2.24. The van der Waals surface area contributed by atoms with Gasteiger partial charge in [-0.25, -0.2) is 4.39 Å². The smallest absolute Gasteiger partial charge is 0.167 e. The fourth-order valence-corrected chi connectivity index (χ4v) is 1.39. The molecule has 0 amide bonds. The quantitative estimate of drug-likeness (QED) is 0.574. The first-order valence-corrected chi connectivity index (χ1v) is 5.24. The summed E-state index contributed by atoms with van der Waals surface area (Å²) in [5.74, 6) is -0.0145. The number of hydrogen-bond acceptors (Lipinski definition) is 2. The van der Waals surface area contributed by atoms with Crippen molar-refractivity contribution in [3.63, 3.8) is 0 Å². The van der Waals surface area contributed by atoms with Crippen LogP contribution in [0.5, 0.6) is 5.75 Å². The van der Waals surface area contributed by atoms with Gasteiger partial charge in [-0.15, -0.1) is 11.6 Å². The number of ketones is 1. The Morgan fingerprint density at radius 1 is 1.53 bits per heavy atom. The summed E-state index contributed by atoms with van der Waals surface area (Å²) in [6, 6.07) is 3.91. The Balaban J connectivity index is 3.00. The second-order valence-corrected chi connectivity index (χ2v) is 3.31. The molecule has 0 spiro atoms. The molecule has 0 saturated carbocycles. The van der Waals surface area contributed by atoms with Crippen molar-refractivity contribution in [3.05, 3.63) is 29.6 Å². The van der Waals surface area contributed by atoms with Crippen LogP contribution in [0.1, 0.15) is 23.7 Å². The largest absolute Gasteiger partial charge is 0.493 e. The Hall–Kier alpha value is -1.09. The lowest BCUT2D eigenvalue weighted by Gasteiger charge is -2.08. The summed E-state index contributed by atoms with van der Waals surface area (Å²) >= 11 is 5.46. The van der Waals surface area contributed by atoms with Crippen molar-refractivity contribution in [1.29, 1.82) is 0 Å². The molecule has 0 unspecified atom stereocenters. The maximum absolute atomic E-state index is 12.9. The van der Waals surface area contributed by atoms with E-state index in [-0.39, 0.29) is 23.6 Å². The number of benzene rings is 1. The van der Waals surface area contributed by atoms with Crippen molar-refractivity contribution in [2.24, 2.45) is 0 Å². The van der Waals surface area contributed by atoms with Gasteiger partial charge in [0, 0.05) is 12.3 Å². The Kier molecular flexibility index (Phi) is 4.56. The van der Waals surface area contributed by atoms with Gasteiger partial charge in [-0.1, -0.05) is 0 Å². The number of halogens is 2. The normalized spacial score (nSPS) is 10.1.